The second-order valence-corrected chi connectivity index (χ2v) is 14.0. The number of anilines is 2. The Morgan fingerprint density at radius 3 is 2.72 bits per heavy atom. The SMILES string of the molecule is [C-]#[N+]c1c(N)sc2c(F)ccc(-c3c(C(F)(F)F)cc4c(N5CCN(C(=O)C=C)CC5C)nc(OCC56CCCN5CC(F)C6)nc4c3F)c12. The predicted molar refractivity (Wildman–Crippen MR) is 178 cm³/mol. The number of alkyl halides is 4. The van der Waals surface area contributed by atoms with Gasteiger partial charge in [0.2, 0.25) is 11.6 Å². The number of ether oxygens (including phenoxy) is 1. The zero-order chi connectivity index (χ0) is 35.7. The molecule has 50 heavy (non-hydrogen) atoms. The van der Waals surface area contributed by atoms with Crippen LogP contribution in [0.5, 0.6) is 6.01 Å². The first kappa shape index (κ1) is 33.9. The zero-order valence-electron chi connectivity index (χ0n) is 26.8. The van der Waals surface area contributed by atoms with E-state index in [1.54, 1.807) is 11.8 Å². The third-order valence-corrected chi connectivity index (χ3v) is 11.0. The second-order valence-electron chi connectivity index (χ2n) is 13.0. The number of amides is 1. The van der Waals surface area contributed by atoms with Crippen molar-refractivity contribution in [2.75, 3.05) is 50.0 Å². The summed E-state index contributed by atoms with van der Waals surface area (Å²) < 4.78 is 97.3. The number of rotatable bonds is 6. The van der Waals surface area contributed by atoms with Crippen molar-refractivity contribution in [3.05, 3.63) is 59.5 Å². The van der Waals surface area contributed by atoms with Crippen LogP contribution in [0.15, 0.2) is 30.9 Å². The molecule has 2 aromatic heterocycles. The molecule has 3 fully saturated rings. The van der Waals surface area contributed by atoms with Crippen molar-refractivity contribution in [3.8, 4) is 17.1 Å². The minimum atomic E-state index is -5.12. The summed E-state index contributed by atoms with van der Waals surface area (Å²) in [5, 5.41) is -0.626. The van der Waals surface area contributed by atoms with Gasteiger partial charge in [-0.2, -0.15) is 23.1 Å². The van der Waals surface area contributed by atoms with Gasteiger partial charge in [-0.15, -0.1) is 11.3 Å². The molecule has 2 aromatic carbocycles. The Balaban J connectivity index is 1.45. The minimum absolute atomic E-state index is 0.0220. The van der Waals surface area contributed by atoms with E-state index in [0.29, 0.717) is 24.3 Å². The molecule has 3 aliphatic heterocycles. The Kier molecular flexibility index (Phi) is 8.33. The normalized spacial score (nSPS) is 22.7. The molecule has 3 unspecified atom stereocenters. The van der Waals surface area contributed by atoms with E-state index in [4.69, 9.17) is 17.0 Å². The van der Waals surface area contributed by atoms with Crippen LogP contribution in [0.2, 0.25) is 0 Å². The first-order chi connectivity index (χ1) is 23.8. The quantitative estimate of drug-likeness (QED) is 0.129. The van der Waals surface area contributed by atoms with Crippen molar-refractivity contribution in [2.24, 2.45) is 0 Å². The van der Waals surface area contributed by atoms with Crippen LogP contribution >= 0.6 is 11.3 Å². The summed E-state index contributed by atoms with van der Waals surface area (Å²) in [6.45, 7) is 14.3. The van der Waals surface area contributed by atoms with Crippen molar-refractivity contribution in [1.82, 2.24) is 19.8 Å². The molecular formula is C34H31F6N7O2S. The van der Waals surface area contributed by atoms with E-state index >= 15 is 4.39 Å². The van der Waals surface area contributed by atoms with Crippen LogP contribution in [0.4, 0.5) is 42.8 Å². The topological polar surface area (TPSA) is 92.2 Å². The van der Waals surface area contributed by atoms with E-state index in [0.717, 1.165) is 24.6 Å². The van der Waals surface area contributed by atoms with Gasteiger partial charge in [0.15, 0.2) is 5.82 Å². The van der Waals surface area contributed by atoms with Gasteiger partial charge in [-0.05, 0) is 50.1 Å². The highest BCUT2D eigenvalue weighted by molar-refractivity contribution is 7.23. The summed E-state index contributed by atoms with van der Waals surface area (Å²) in [5.41, 5.74) is 1.86. The van der Waals surface area contributed by atoms with E-state index in [9.17, 15) is 26.7 Å². The van der Waals surface area contributed by atoms with Crippen LogP contribution in [0, 0.1) is 18.2 Å². The molecule has 0 radical (unpaired) electrons. The van der Waals surface area contributed by atoms with Gasteiger partial charge in [-0.3, -0.25) is 9.69 Å². The lowest BCUT2D eigenvalue weighted by molar-refractivity contribution is -0.137. The van der Waals surface area contributed by atoms with Gasteiger partial charge in [0.1, 0.15) is 29.9 Å². The molecule has 7 rings (SSSR count). The molecule has 3 aliphatic rings. The van der Waals surface area contributed by atoms with Crippen molar-refractivity contribution in [1.29, 1.82) is 0 Å². The van der Waals surface area contributed by atoms with Gasteiger partial charge in [0.05, 0.1) is 27.4 Å². The fraction of sp³-hybridized carbons (Fsp3) is 0.412. The number of hydrogen-bond acceptors (Lipinski definition) is 8. The molecule has 3 atom stereocenters. The highest BCUT2D eigenvalue weighted by atomic mass is 32.1. The molecule has 4 aromatic rings. The Labute approximate surface area is 286 Å². The number of carbonyl (C=O) groups excluding carboxylic acids is 1. The molecular weight excluding hydrogens is 684 g/mol. The van der Waals surface area contributed by atoms with Gasteiger partial charge in [-0.1, -0.05) is 12.6 Å². The number of halogens is 6. The average Bonchev–Trinajstić information content (AvgIpc) is 3.72. The third-order valence-electron chi connectivity index (χ3n) is 9.99. The fourth-order valence-electron chi connectivity index (χ4n) is 7.70. The maximum absolute atomic E-state index is 17.1. The Hall–Kier alpha value is -4.62. The van der Waals surface area contributed by atoms with Crippen LogP contribution < -0.4 is 15.4 Å². The van der Waals surface area contributed by atoms with Crippen molar-refractivity contribution < 1.29 is 35.9 Å². The van der Waals surface area contributed by atoms with E-state index in [1.165, 1.54) is 11.0 Å². The molecule has 0 spiro atoms. The molecule has 2 N–H and O–H groups in total. The van der Waals surface area contributed by atoms with E-state index in [1.807, 2.05) is 4.90 Å². The smallest absolute Gasteiger partial charge is 0.417 e. The number of nitrogen functional groups attached to an aromatic ring is 1. The lowest BCUT2D eigenvalue weighted by atomic mass is 9.93. The third kappa shape index (κ3) is 5.47. The molecule has 1 amide bonds. The summed E-state index contributed by atoms with van der Waals surface area (Å²) in [6.07, 6.45) is -3.29. The first-order valence-corrected chi connectivity index (χ1v) is 16.8. The van der Waals surface area contributed by atoms with Crippen LogP contribution in [0.25, 0.3) is 37.0 Å². The van der Waals surface area contributed by atoms with Gasteiger partial charge < -0.3 is 20.3 Å². The number of benzene rings is 2. The number of piperazine rings is 1. The van der Waals surface area contributed by atoms with Crippen molar-refractivity contribution in [2.45, 2.75) is 50.1 Å². The van der Waals surface area contributed by atoms with E-state index in [2.05, 4.69) is 21.4 Å². The summed E-state index contributed by atoms with van der Waals surface area (Å²) in [6, 6.07) is 1.86. The van der Waals surface area contributed by atoms with Crippen LogP contribution in [0.1, 0.15) is 31.7 Å². The monoisotopic (exact) mass is 715 g/mol. The number of nitrogens with zero attached hydrogens (tertiary/aromatic N) is 6. The fourth-order valence-corrected chi connectivity index (χ4v) is 8.64. The zero-order valence-corrected chi connectivity index (χ0v) is 27.6. The number of nitrogens with two attached hydrogens (primary N) is 1. The maximum atomic E-state index is 17.1. The van der Waals surface area contributed by atoms with Crippen molar-refractivity contribution in [3.63, 3.8) is 0 Å². The molecule has 262 valence electrons. The number of hydrogen-bond donors (Lipinski definition) is 1. The van der Waals surface area contributed by atoms with Crippen molar-refractivity contribution >= 4 is 54.7 Å². The Morgan fingerprint density at radius 2 is 2.02 bits per heavy atom. The second kappa shape index (κ2) is 12.3. The largest absolute Gasteiger partial charge is 0.461 e. The predicted octanol–water partition coefficient (Wildman–Crippen LogP) is 7.12. The molecule has 0 saturated carbocycles. The lowest BCUT2D eigenvalue weighted by Crippen LogP contribution is -2.53. The van der Waals surface area contributed by atoms with E-state index < -0.39 is 52.2 Å². The summed E-state index contributed by atoms with van der Waals surface area (Å²) in [7, 11) is 0. The minimum Gasteiger partial charge on any atom is -0.461 e. The summed E-state index contributed by atoms with van der Waals surface area (Å²) >= 11 is 0.683. The Bertz CT molecular complexity index is 2100. The van der Waals surface area contributed by atoms with Crippen LogP contribution in [-0.2, 0) is 11.0 Å². The molecule has 3 saturated heterocycles. The molecule has 0 aliphatic carbocycles. The number of carbonyl (C=O) groups is 1. The summed E-state index contributed by atoms with van der Waals surface area (Å²) in [4.78, 5) is 29.8. The lowest BCUT2D eigenvalue weighted by Gasteiger charge is -2.40. The maximum Gasteiger partial charge on any atom is 0.417 e. The van der Waals surface area contributed by atoms with Gasteiger partial charge in [0.25, 0.3) is 0 Å². The molecule has 0 bridgehead atoms. The molecule has 5 heterocycles. The van der Waals surface area contributed by atoms with Gasteiger partial charge in [0, 0.05) is 55.0 Å². The van der Waals surface area contributed by atoms with Gasteiger partial charge in [-0.25, -0.2) is 18.0 Å². The molecule has 9 nitrogen and oxygen atoms in total. The summed E-state index contributed by atoms with van der Waals surface area (Å²) in [5.74, 6) is -2.56. The van der Waals surface area contributed by atoms with Gasteiger partial charge >= 0.3 is 12.2 Å². The highest BCUT2D eigenvalue weighted by Gasteiger charge is 2.49. The molecule has 16 heteroatoms. The number of fused-ring (bicyclic) bond motifs is 3. The standard InChI is InChI=1S/C34H31F6N7O2S/c1-4-23(48)45-10-11-47(17(2)14-45)31-20-12-21(34(38,39)40)24(19-6-7-22(36)29-25(19)28(42-3)30(41)50-29)26(37)27(20)43-32(44-31)49-16-33-8-5-9-46(33)15-18(35)13-33/h4,6-7,12,17-18H,1,5,8-11,13-16,41H2,2H3. The average molecular weight is 716 g/mol. The number of aromatic nitrogens is 2. The van der Waals surface area contributed by atoms with E-state index in [-0.39, 0.29) is 88.7 Å². The highest BCUT2D eigenvalue weighted by Crippen LogP contribution is 2.51. The Morgan fingerprint density at radius 1 is 1.24 bits per heavy atom. The first-order valence-electron chi connectivity index (χ1n) is 16.0. The van der Waals surface area contributed by atoms with Crippen LogP contribution in [0.3, 0.4) is 0 Å². The number of thiophene rings is 1. The van der Waals surface area contributed by atoms with Crippen LogP contribution in [-0.4, -0.2) is 82.8 Å².